The lowest BCUT2D eigenvalue weighted by atomic mass is 9.91. The second-order valence-corrected chi connectivity index (χ2v) is 11.1. The van der Waals surface area contributed by atoms with Gasteiger partial charge in [0, 0.05) is 60.8 Å². The molecule has 4 N–H and O–H groups in total. The van der Waals surface area contributed by atoms with Gasteiger partial charge in [0.05, 0.1) is 5.56 Å². The third-order valence-electron chi connectivity index (χ3n) is 7.59. The van der Waals surface area contributed by atoms with E-state index < -0.39 is 11.7 Å². The summed E-state index contributed by atoms with van der Waals surface area (Å²) in [6.45, 7) is 1.93. The first-order valence-electron chi connectivity index (χ1n) is 14.0. The van der Waals surface area contributed by atoms with Crippen molar-refractivity contribution in [2.75, 3.05) is 18.0 Å². The number of nitrogens with zero attached hydrogens (tertiary/aromatic N) is 5. The molecule has 5 rings (SSSR count). The summed E-state index contributed by atoms with van der Waals surface area (Å²) in [4.78, 5) is 22.1. The van der Waals surface area contributed by atoms with Crippen LogP contribution in [0.25, 0.3) is 28.3 Å². The largest absolute Gasteiger partial charge is 0.505 e. The Hall–Kier alpha value is -5.14. The number of hydrogen-bond acceptors (Lipinski definition) is 9. The number of amides is 1. The number of carbonyl (C=O) groups excluding carboxylic acids is 1. The van der Waals surface area contributed by atoms with Crippen molar-refractivity contribution in [3.05, 3.63) is 99.7 Å². The molecule has 2 aromatic heterocycles. The average Bonchev–Trinajstić information content (AvgIpc) is 3.07. The summed E-state index contributed by atoms with van der Waals surface area (Å²) < 4.78 is 15.1. The number of nitriles is 2. The lowest BCUT2D eigenvalue weighted by Crippen LogP contribution is -2.42. The molecule has 1 amide bonds. The van der Waals surface area contributed by atoms with Gasteiger partial charge in [-0.15, -0.1) is 0 Å². The molecule has 3 heterocycles. The van der Waals surface area contributed by atoms with Gasteiger partial charge in [-0.25, -0.2) is 19.8 Å². The van der Waals surface area contributed by atoms with Gasteiger partial charge in [-0.05, 0) is 69.7 Å². The fraction of sp³-hybridized carbons (Fsp3) is 0.182. The van der Waals surface area contributed by atoms with E-state index in [4.69, 9.17) is 5.21 Å². The molecule has 45 heavy (non-hydrogen) atoms. The highest BCUT2D eigenvalue weighted by Crippen LogP contribution is 2.40. The molecule has 1 aliphatic rings. The van der Waals surface area contributed by atoms with Gasteiger partial charge in [-0.3, -0.25) is 10.0 Å². The smallest absolute Gasteiger partial charge is 0.267 e. The van der Waals surface area contributed by atoms with Crippen molar-refractivity contribution in [1.29, 1.82) is 10.5 Å². The molecule has 1 fully saturated rings. The minimum Gasteiger partial charge on any atom is -0.505 e. The molecule has 4 aromatic rings. The number of hydrogen-bond donors (Lipinski definition) is 4. The molecular weight excluding hydrogens is 641 g/mol. The summed E-state index contributed by atoms with van der Waals surface area (Å²) in [5, 5.41) is 42.1. The highest BCUT2D eigenvalue weighted by atomic mass is 79.9. The highest BCUT2D eigenvalue weighted by Gasteiger charge is 2.26. The van der Waals surface area contributed by atoms with Gasteiger partial charge in [-0.1, -0.05) is 30.3 Å². The molecule has 0 saturated carbocycles. The maximum Gasteiger partial charge on any atom is 0.267 e. The predicted molar refractivity (Wildman–Crippen MR) is 169 cm³/mol. The number of nitrogens with one attached hydrogen (secondary N) is 2. The Morgan fingerprint density at radius 2 is 1.82 bits per heavy atom. The summed E-state index contributed by atoms with van der Waals surface area (Å²) in [5.41, 5.74) is 5.45. The number of aromatic nitrogens is 2. The van der Waals surface area contributed by atoms with Crippen LogP contribution in [-0.2, 0) is 11.3 Å². The third-order valence-corrected chi connectivity index (χ3v) is 8.20. The first-order chi connectivity index (χ1) is 21.8. The number of aromatic hydroxyl groups is 1. The van der Waals surface area contributed by atoms with E-state index >= 15 is 0 Å². The van der Waals surface area contributed by atoms with E-state index in [0.717, 1.165) is 24.0 Å². The van der Waals surface area contributed by atoms with Gasteiger partial charge < -0.3 is 15.3 Å². The predicted octanol–water partition coefficient (Wildman–Crippen LogP) is 5.44. The van der Waals surface area contributed by atoms with Crippen LogP contribution in [-0.4, -0.2) is 45.3 Å². The zero-order valence-electron chi connectivity index (χ0n) is 23.8. The van der Waals surface area contributed by atoms with Crippen LogP contribution < -0.4 is 15.7 Å². The Kier molecular flexibility index (Phi) is 9.80. The van der Waals surface area contributed by atoms with Gasteiger partial charge in [0.2, 0.25) is 0 Å². The lowest BCUT2D eigenvalue weighted by molar-refractivity contribution is -0.124. The number of piperidine rings is 1. The maximum absolute atomic E-state index is 14.8. The molecule has 0 unspecified atom stereocenters. The molecule has 0 aliphatic carbocycles. The molecule has 1 aliphatic heterocycles. The molecule has 12 heteroatoms. The fourth-order valence-electron chi connectivity index (χ4n) is 5.22. The second kappa shape index (κ2) is 14.1. The highest BCUT2D eigenvalue weighted by molar-refractivity contribution is 9.10. The van der Waals surface area contributed by atoms with Gasteiger partial charge in [0.25, 0.3) is 5.91 Å². The van der Waals surface area contributed by atoms with Crippen LogP contribution >= 0.6 is 15.9 Å². The van der Waals surface area contributed by atoms with Crippen molar-refractivity contribution in [3.63, 3.8) is 0 Å². The maximum atomic E-state index is 14.8. The second-order valence-electron chi connectivity index (χ2n) is 10.4. The molecule has 0 bridgehead atoms. The molecule has 1 saturated heterocycles. The van der Waals surface area contributed by atoms with Crippen molar-refractivity contribution in [1.82, 2.24) is 20.8 Å². The molecule has 10 nitrogen and oxygen atoms in total. The van der Waals surface area contributed by atoms with Crippen LogP contribution in [0.2, 0.25) is 0 Å². The van der Waals surface area contributed by atoms with Crippen LogP contribution in [0, 0.1) is 28.5 Å². The summed E-state index contributed by atoms with van der Waals surface area (Å²) in [5.74, 6) is -0.914. The number of anilines is 1. The summed E-state index contributed by atoms with van der Waals surface area (Å²) in [6, 6.07) is 17.8. The minimum absolute atomic E-state index is 0.0958. The third kappa shape index (κ3) is 7.16. The number of halogens is 2. The molecule has 2 aromatic carbocycles. The van der Waals surface area contributed by atoms with E-state index in [1.165, 1.54) is 30.5 Å². The number of rotatable bonds is 8. The monoisotopic (exact) mass is 667 g/mol. The summed E-state index contributed by atoms with van der Waals surface area (Å²) in [7, 11) is 0. The topological polar surface area (TPSA) is 158 Å². The molecule has 0 radical (unpaired) electrons. The van der Waals surface area contributed by atoms with Crippen LogP contribution in [0.5, 0.6) is 5.75 Å². The minimum atomic E-state index is -0.702. The van der Waals surface area contributed by atoms with Crippen molar-refractivity contribution < 1.29 is 19.5 Å². The van der Waals surface area contributed by atoms with Crippen LogP contribution in [0.15, 0.2) is 71.6 Å². The first kappa shape index (κ1) is 31.3. The Bertz CT molecular complexity index is 1840. The molecule has 226 valence electrons. The zero-order chi connectivity index (χ0) is 31.9. The number of benzene rings is 2. The summed E-state index contributed by atoms with van der Waals surface area (Å²) >= 11 is 3.18. The van der Waals surface area contributed by atoms with Gasteiger partial charge in [0.15, 0.2) is 0 Å². The van der Waals surface area contributed by atoms with E-state index in [1.807, 2.05) is 35.2 Å². The van der Waals surface area contributed by atoms with Crippen molar-refractivity contribution in [2.24, 2.45) is 0 Å². The van der Waals surface area contributed by atoms with E-state index in [2.05, 4.69) is 37.3 Å². The zero-order valence-corrected chi connectivity index (χ0v) is 25.4. The van der Waals surface area contributed by atoms with Crippen LogP contribution in [0.3, 0.4) is 0 Å². The van der Waals surface area contributed by atoms with E-state index in [1.54, 1.807) is 23.8 Å². The Morgan fingerprint density at radius 3 is 2.47 bits per heavy atom. The van der Waals surface area contributed by atoms with Crippen molar-refractivity contribution in [2.45, 2.75) is 25.4 Å². The van der Waals surface area contributed by atoms with E-state index in [9.17, 15) is 24.8 Å². The number of hydroxylamine groups is 1. The van der Waals surface area contributed by atoms with Gasteiger partial charge >= 0.3 is 0 Å². The normalized spacial score (nSPS) is 13.4. The van der Waals surface area contributed by atoms with E-state index in [-0.39, 0.29) is 27.5 Å². The Labute approximate surface area is 267 Å². The van der Waals surface area contributed by atoms with Crippen molar-refractivity contribution >= 4 is 33.7 Å². The standard InChI is InChI=1S/C33H27BrFN7O3/c34-32-29(43)14-24(18-39-32)27-19-40-33(26(16-37)31(27)22-6-7-23(15-36)28(35)13-22)42-11-9-25(10-12-42)38-17-21-3-1-20(2-4-21)5-8-30(44)41-45/h1-8,13-14,18-19,25,38,43,45H,9-12,17H2,(H,41,44)/b8-5+. The molecule has 0 spiro atoms. The lowest BCUT2D eigenvalue weighted by Gasteiger charge is -2.34. The van der Waals surface area contributed by atoms with Gasteiger partial charge in [0.1, 0.15) is 39.7 Å². The fourth-order valence-corrected chi connectivity index (χ4v) is 5.44. The average molecular weight is 669 g/mol. The summed E-state index contributed by atoms with van der Waals surface area (Å²) in [6.07, 6.45) is 7.59. The Morgan fingerprint density at radius 1 is 1.07 bits per heavy atom. The quantitative estimate of drug-likeness (QED) is 0.0831. The van der Waals surface area contributed by atoms with Gasteiger partial charge in [-0.2, -0.15) is 10.5 Å². The number of pyridine rings is 2. The van der Waals surface area contributed by atoms with Crippen molar-refractivity contribution in [3.8, 4) is 40.1 Å². The molecule has 0 atom stereocenters. The Balaban J connectivity index is 1.36. The first-order valence-corrected chi connectivity index (χ1v) is 14.8. The van der Waals surface area contributed by atoms with E-state index in [0.29, 0.717) is 47.7 Å². The molecular formula is C33H27BrFN7O3. The van der Waals surface area contributed by atoms with Crippen LogP contribution in [0.4, 0.5) is 10.2 Å². The van der Waals surface area contributed by atoms with Crippen LogP contribution in [0.1, 0.15) is 35.1 Å². The SMILES string of the molecule is N#Cc1ccc(-c2c(-c3cnc(Br)c(O)c3)cnc(N3CCC(NCc4ccc(/C=C/C(=O)NO)cc4)CC3)c2C#N)cc1F. The number of carbonyl (C=O) groups is 1.